The van der Waals surface area contributed by atoms with Gasteiger partial charge in [-0.15, -0.1) is 0 Å². The van der Waals surface area contributed by atoms with Crippen LogP contribution < -0.4 is 10.9 Å². The van der Waals surface area contributed by atoms with Gasteiger partial charge in [0.15, 0.2) is 0 Å². The molecule has 0 aliphatic carbocycles. The van der Waals surface area contributed by atoms with E-state index in [1.165, 1.54) is 16.8 Å². The summed E-state index contributed by atoms with van der Waals surface area (Å²) in [7, 11) is 0. The van der Waals surface area contributed by atoms with Gasteiger partial charge in [-0.25, -0.2) is 9.36 Å². The van der Waals surface area contributed by atoms with Gasteiger partial charge in [0.1, 0.15) is 5.69 Å². The van der Waals surface area contributed by atoms with Gasteiger partial charge >= 0.3 is 0 Å². The molecule has 0 aliphatic rings. The van der Waals surface area contributed by atoms with Gasteiger partial charge in [-0.2, -0.15) is 10.2 Å². The van der Waals surface area contributed by atoms with E-state index in [2.05, 4.69) is 15.5 Å². The number of rotatable bonds is 7. The van der Waals surface area contributed by atoms with Crippen LogP contribution in [0.2, 0.25) is 0 Å². The average molecular weight is 351 g/mol. The molecular formula is C19H21N5O2. The third-order valence-corrected chi connectivity index (χ3v) is 3.89. The topological polar surface area (TPSA) is 81.8 Å². The van der Waals surface area contributed by atoms with Crippen molar-refractivity contribution in [3.8, 4) is 5.69 Å². The molecule has 1 N–H and O–H groups in total. The van der Waals surface area contributed by atoms with Crippen LogP contribution in [0, 0.1) is 0 Å². The van der Waals surface area contributed by atoms with E-state index in [4.69, 9.17) is 0 Å². The van der Waals surface area contributed by atoms with E-state index >= 15 is 0 Å². The summed E-state index contributed by atoms with van der Waals surface area (Å²) in [6, 6.07) is 12.7. The molecular weight excluding hydrogens is 330 g/mol. The Morgan fingerprint density at radius 3 is 2.73 bits per heavy atom. The first-order valence-electron chi connectivity index (χ1n) is 8.62. The highest BCUT2D eigenvalue weighted by Crippen LogP contribution is 2.07. The zero-order valence-electron chi connectivity index (χ0n) is 14.6. The van der Waals surface area contributed by atoms with Crippen LogP contribution in [0.1, 0.15) is 29.4 Å². The average Bonchev–Trinajstić information content (AvgIpc) is 3.13. The molecule has 0 atom stereocenters. The first-order chi connectivity index (χ1) is 12.7. The van der Waals surface area contributed by atoms with E-state index in [0.29, 0.717) is 19.5 Å². The van der Waals surface area contributed by atoms with E-state index in [0.717, 1.165) is 17.7 Å². The van der Waals surface area contributed by atoms with Crippen LogP contribution in [0.25, 0.3) is 5.69 Å². The summed E-state index contributed by atoms with van der Waals surface area (Å²) in [5.41, 5.74) is 2.07. The van der Waals surface area contributed by atoms with Crippen molar-refractivity contribution in [3.63, 3.8) is 0 Å². The highest BCUT2D eigenvalue weighted by atomic mass is 16.2. The van der Waals surface area contributed by atoms with E-state index < -0.39 is 0 Å². The smallest absolute Gasteiger partial charge is 0.271 e. The van der Waals surface area contributed by atoms with Crippen LogP contribution in [0.15, 0.2) is 59.7 Å². The van der Waals surface area contributed by atoms with Crippen molar-refractivity contribution in [2.45, 2.75) is 26.3 Å². The number of benzene rings is 1. The van der Waals surface area contributed by atoms with Crippen LogP contribution in [0.4, 0.5) is 0 Å². The van der Waals surface area contributed by atoms with Crippen LogP contribution in [-0.4, -0.2) is 32.0 Å². The normalized spacial score (nSPS) is 10.7. The Morgan fingerprint density at radius 1 is 1.15 bits per heavy atom. The number of hydrogen-bond acceptors (Lipinski definition) is 4. The van der Waals surface area contributed by atoms with Gasteiger partial charge in [-0.1, -0.05) is 25.1 Å². The number of aromatic nitrogens is 4. The third-order valence-electron chi connectivity index (χ3n) is 3.89. The van der Waals surface area contributed by atoms with Gasteiger partial charge in [-0.05, 0) is 36.6 Å². The van der Waals surface area contributed by atoms with Crippen LogP contribution >= 0.6 is 0 Å². The molecule has 1 amide bonds. The first-order valence-corrected chi connectivity index (χ1v) is 8.62. The number of carbonyl (C=O) groups is 1. The minimum Gasteiger partial charge on any atom is -0.350 e. The second kappa shape index (κ2) is 8.24. The predicted molar refractivity (Wildman–Crippen MR) is 98.4 cm³/mol. The SMILES string of the molecule is CCCn1nc(C(=O)NCCc2cnn(-c3ccccc3)c2)ccc1=O. The molecule has 0 saturated heterocycles. The van der Waals surface area contributed by atoms with Crippen molar-refractivity contribution in [2.24, 2.45) is 0 Å². The van der Waals surface area contributed by atoms with Crippen LogP contribution in [-0.2, 0) is 13.0 Å². The summed E-state index contributed by atoms with van der Waals surface area (Å²) in [6.07, 6.45) is 5.18. The molecule has 7 heteroatoms. The lowest BCUT2D eigenvalue weighted by atomic mass is 10.2. The summed E-state index contributed by atoms with van der Waals surface area (Å²) >= 11 is 0. The highest BCUT2D eigenvalue weighted by Gasteiger charge is 2.09. The minimum absolute atomic E-state index is 0.197. The number of aryl methyl sites for hydroxylation is 1. The Balaban J connectivity index is 1.57. The predicted octanol–water partition coefficient (Wildman–Crippen LogP) is 1.81. The maximum absolute atomic E-state index is 12.2. The van der Waals surface area contributed by atoms with E-state index in [9.17, 15) is 9.59 Å². The number of hydrogen-bond donors (Lipinski definition) is 1. The standard InChI is InChI=1S/C19H21N5O2/c1-2-12-23-18(25)9-8-17(22-23)19(26)20-11-10-15-13-21-24(14-15)16-6-4-3-5-7-16/h3-9,13-14H,2,10-12H2,1H3,(H,20,26). The molecule has 0 aliphatic heterocycles. The monoisotopic (exact) mass is 351 g/mol. The Hall–Kier alpha value is -3.22. The summed E-state index contributed by atoms with van der Waals surface area (Å²) in [4.78, 5) is 23.9. The second-order valence-electron chi connectivity index (χ2n) is 5.91. The highest BCUT2D eigenvalue weighted by molar-refractivity contribution is 5.91. The number of carbonyl (C=O) groups excluding carboxylic acids is 1. The van der Waals surface area contributed by atoms with Crippen molar-refractivity contribution in [3.05, 3.63) is 76.5 Å². The van der Waals surface area contributed by atoms with E-state index in [1.807, 2.05) is 43.5 Å². The van der Waals surface area contributed by atoms with Crippen molar-refractivity contribution in [1.29, 1.82) is 0 Å². The van der Waals surface area contributed by atoms with Crippen LogP contribution in [0.3, 0.4) is 0 Å². The Kier molecular flexibility index (Phi) is 5.58. The van der Waals surface area contributed by atoms with E-state index in [1.54, 1.807) is 10.9 Å². The van der Waals surface area contributed by atoms with Gasteiger partial charge in [0.2, 0.25) is 0 Å². The quantitative estimate of drug-likeness (QED) is 0.704. The van der Waals surface area contributed by atoms with Crippen LogP contribution in [0.5, 0.6) is 0 Å². The molecule has 3 rings (SSSR count). The molecule has 1 aromatic carbocycles. The van der Waals surface area contributed by atoms with Crippen molar-refractivity contribution in [2.75, 3.05) is 6.54 Å². The third kappa shape index (κ3) is 4.24. The molecule has 7 nitrogen and oxygen atoms in total. The lowest BCUT2D eigenvalue weighted by Crippen LogP contribution is -2.30. The number of para-hydroxylation sites is 1. The molecule has 0 radical (unpaired) electrons. The Morgan fingerprint density at radius 2 is 1.96 bits per heavy atom. The maximum Gasteiger partial charge on any atom is 0.271 e. The van der Waals surface area contributed by atoms with Gasteiger partial charge in [0.05, 0.1) is 11.9 Å². The molecule has 2 aromatic heterocycles. The molecule has 0 fully saturated rings. The van der Waals surface area contributed by atoms with Crippen molar-refractivity contribution in [1.82, 2.24) is 24.9 Å². The van der Waals surface area contributed by atoms with Crippen molar-refractivity contribution >= 4 is 5.91 Å². The fourth-order valence-corrected chi connectivity index (χ4v) is 2.56. The fourth-order valence-electron chi connectivity index (χ4n) is 2.56. The van der Waals surface area contributed by atoms with Gasteiger partial charge < -0.3 is 5.32 Å². The second-order valence-corrected chi connectivity index (χ2v) is 5.91. The molecule has 0 bridgehead atoms. The maximum atomic E-state index is 12.2. The number of nitrogens with one attached hydrogen (secondary N) is 1. The van der Waals surface area contributed by atoms with E-state index in [-0.39, 0.29) is 17.2 Å². The summed E-state index contributed by atoms with van der Waals surface area (Å²) in [5, 5.41) is 11.3. The van der Waals surface area contributed by atoms with Gasteiger partial charge in [0.25, 0.3) is 11.5 Å². The molecule has 2 heterocycles. The number of amides is 1. The first kappa shape index (κ1) is 17.6. The largest absolute Gasteiger partial charge is 0.350 e. The lowest BCUT2D eigenvalue weighted by Gasteiger charge is -2.06. The molecule has 0 unspecified atom stereocenters. The summed E-state index contributed by atoms with van der Waals surface area (Å²) in [5.74, 6) is -0.287. The minimum atomic E-state index is -0.287. The Labute approximate surface area is 151 Å². The zero-order valence-corrected chi connectivity index (χ0v) is 14.6. The fraction of sp³-hybridized carbons (Fsp3) is 0.263. The lowest BCUT2D eigenvalue weighted by molar-refractivity contribution is 0.0946. The Bertz CT molecular complexity index is 930. The zero-order chi connectivity index (χ0) is 18.4. The molecule has 26 heavy (non-hydrogen) atoms. The number of nitrogens with zero attached hydrogens (tertiary/aromatic N) is 4. The molecule has 0 saturated carbocycles. The molecule has 3 aromatic rings. The van der Waals surface area contributed by atoms with Crippen molar-refractivity contribution < 1.29 is 4.79 Å². The van der Waals surface area contributed by atoms with Gasteiger partial charge in [0, 0.05) is 25.4 Å². The molecule has 0 spiro atoms. The molecule has 134 valence electrons. The summed E-state index contributed by atoms with van der Waals surface area (Å²) < 4.78 is 3.12. The van der Waals surface area contributed by atoms with Gasteiger partial charge in [-0.3, -0.25) is 9.59 Å². The summed E-state index contributed by atoms with van der Waals surface area (Å²) in [6.45, 7) is 2.92.